The fourth-order valence-corrected chi connectivity index (χ4v) is 2.28. The lowest BCUT2D eigenvalue weighted by atomic mass is 9.80. The van der Waals surface area contributed by atoms with E-state index in [1.54, 1.807) is 4.90 Å². The van der Waals surface area contributed by atoms with Crippen LogP contribution >= 0.6 is 0 Å². The third kappa shape index (κ3) is 4.26. The van der Waals surface area contributed by atoms with Gasteiger partial charge in [0.05, 0.1) is 0 Å². The number of carboxylic acids is 1. The van der Waals surface area contributed by atoms with Crippen LogP contribution in [0.1, 0.15) is 33.6 Å². The van der Waals surface area contributed by atoms with Crippen molar-refractivity contribution < 1.29 is 14.7 Å². The lowest BCUT2D eigenvalue weighted by Crippen LogP contribution is -2.47. The van der Waals surface area contributed by atoms with Gasteiger partial charge in [-0.1, -0.05) is 26.8 Å². The fourth-order valence-electron chi connectivity index (χ4n) is 2.28. The van der Waals surface area contributed by atoms with Gasteiger partial charge in [-0.25, -0.2) is 9.59 Å². The molecule has 1 heterocycles. The summed E-state index contributed by atoms with van der Waals surface area (Å²) in [5, 5.41) is 11.5. The maximum atomic E-state index is 12.0. The molecule has 1 saturated heterocycles. The van der Waals surface area contributed by atoms with Gasteiger partial charge in [-0.15, -0.1) is 6.58 Å². The first kappa shape index (κ1) is 15.5. The molecule has 1 rings (SSSR count). The number of urea groups is 1. The van der Waals surface area contributed by atoms with Crippen molar-refractivity contribution in [1.29, 1.82) is 0 Å². The molecule has 1 aliphatic heterocycles. The number of aliphatic carboxylic acids is 1. The minimum atomic E-state index is -1.03. The fraction of sp³-hybridized carbons (Fsp3) is 0.714. The Balaban J connectivity index is 2.55. The summed E-state index contributed by atoms with van der Waals surface area (Å²) < 4.78 is 0. The van der Waals surface area contributed by atoms with E-state index in [0.717, 1.165) is 6.42 Å². The maximum Gasteiger partial charge on any atom is 0.326 e. The first-order chi connectivity index (χ1) is 8.75. The van der Waals surface area contributed by atoms with Gasteiger partial charge in [0.2, 0.25) is 0 Å². The lowest BCUT2D eigenvalue weighted by Gasteiger charge is -2.27. The van der Waals surface area contributed by atoms with Crippen LogP contribution in [0, 0.1) is 11.3 Å². The summed E-state index contributed by atoms with van der Waals surface area (Å²) in [7, 11) is 0. The molecule has 0 aromatic carbocycles. The van der Waals surface area contributed by atoms with Gasteiger partial charge in [-0.2, -0.15) is 0 Å². The molecule has 2 N–H and O–H groups in total. The van der Waals surface area contributed by atoms with Crippen LogP contribution in [0.4, 0.5) is 4.79 Å². The van der Waals surface area contributed by atoms with Crippen molar-refractivity contribution >= 4 is 12.0 Å². The summed E-state index contributed by atoms with van der Waals surface area (Å²) in [6, 6.07) is -1.18. The molecular weight excluding hydrogens is 244 g/mol. The van der Waals surface area contributed by atoms with Gasteiger partial charge in [0.15, 0.2) is 0 Å². The third-order valence-electron chi connectivity index (χ3n) is 3.70. The van der Waals surface area contributed by atoms with Gasteiger partial charge in [0.1, 0.15) is 6.04 Å². The first-order valence-electron chi connectivity index (χ1n) is 6.65. The average molecular weight is 268 g/mol. The van der Waals surface area contributed by atoms with Crippen molar-refractivity contribution in [3.8, 4) is 0 Å². The Labute approximate surface area is 114 Å². The zero-order valence-electron chi connectivity index (χ0n) is 12.0. The van der Waals surface area contributed by atoms with Gasteiger partial charge in [-0.05, 0) is 24.2 Å². The molecule has 0 radical (unpaired) electrons. The molecule has 0 bridgehead atoms. The van der Waals surface area contributed by atoms with Gasteiger partial charge in [0.25, 0.3) is 0 Å². The predicted octanol–water partition coefficient (Wildman–Crippen LogP) is 2.09. The third-order valence-corrected chi connectivity index (χ3v) is 3.70. The van der Waals surface area contributed by atoms with E-state index in [2.05, 4.69) is 32.7 Å². The smallest absolute Gasteiger partial charge is 0.326 e. The number of hydrogen-bond acceptors (Lipinski definition) is 2. The Morgan fingerprint density at radius 3 is 2.58 bits per heavy atom. The molecule has 0 aromatic rings. The van der Waals surface area contributed by atoms with Gasteiger partial charge >= 0.3 is 12.0 Å². The van der Waals surface area contributed by atoms with Crippen molar-refractivity contribution in [3.63, 3.8) is 0 Å². The van der Waals surface area contributed by atoms with Crippen molar-refractivity contribution in [2.45, 2.75) is 39.7 Å². The van der Waals surface area contributed by atoms with E-state index in [4.69, 9.17) is 5.11 Å². The molecule has 0 spiro atoms. The molecule has 1 aliphatic rings. The zero-order valence-corrected chi connectivity index (χ0v) is 12.0. The second-order valence-electron chi connectivity index (χ2n) is 6.16. The van der Waals surface area contributed by atoms with Gasteiger partial charge < -0.3 is 15.3 Å². The Morgan fingerprint density at radius 1 is 1.53 bits per heavy atom. The van der Waals surface area contributed by atoms with Crippen LogP contribution in [0.25, 0.3) is 0 Å². The van der Waals surface area contributed by atoms with Crippen LogP contribution in [0.3, 0.4) is 0 Å². The number of carbonyl (C=O) groups is 2. The molecular formula is C14H24N2O3. The largest absolute Gasteiger partial charge is 0.480 e. The van der Waals surface area contributed by atoms with Crippen molar-refractivity contribution in [1.82, 2.24) is 10.2 Å². The standard InChI is InChI=1S/C14H24N2O3/c1-5-6-11(12(17)18)15-13(19)16-8-7-10(9-16)14(2,3)4/h5,10-11H,1,6-9H2,2-4H3,(H,15,19)(H,17,18). The Morgan fingerprint density at radius 2 is 2.16 bits per heavy atom. The zero-order chi connectivity index (χ0) is 14.6. The van der Waals surface area contributed by atoms with E-state index in [0.29, 0.717) is 19.0 Å². The Bertz CT molecular complexity index is 360. The quantitative estimate of drug-likeness (QED) is 0.767. The number of hydrogen-bond donors (Lipinski definition) is 2. The van der Waals surface area contributed by atoms with Crippen LogP contribution in [0.5, 0.6) is 0 Å². The average Bonchev–Trinajstić information content (AvgIpc) is 2.76. The molecule has 19 heavy (non-hydrogen) atoms. The van der Waals surface area contributed by atoms with Gasteiger partial charge in [-0.3, -0.25) is 0 Å². The van der Waals surface area contributed by atoms with E-state index in [-0.39, 0.29) is 17.9 Å². The lowest BCUT2D eigenvalue weighted by molar-refractivity contribution is -0.139. The highest BCUT2D eigenvalue weighted by Gasteiger charge is 2.34. The van der Waals surface area contributed by atoms with Crippen LogP contribution in [0.2, 0.25) is 0 Å². The summed E-state index contributed by atoms with van der Waals surface area (Å²) in [5.41, 5.74) is 0.169. The van der Waals surface area contributed by atoms with Crippen LogP contribution < -0.4 is 5.32 Å². The predicted molar refractivity (Wildman–Crippen MR) is 73.9 cm³/mol. The van der Waals surface area contributed by atoms with E-state index >= 15 is 0 Å². The van der Waals surface area contributed by atoms with Gasteiger partial charge in [0, 0.05) is 13.1 Å². The highest BCUT2D eigenvalue weighted by molar-refractivity contribution is 5.82. The van der Waals surface area contributed by atoms with E-state index in [1.165, 1.54) is 6.08 Å². The number of nitrogens with zero attached hydrogens (tertiary/aromatic N) is 1. The second-order valence-corrected chi connectivity index (χ2v) is 6.16. The molecule has 5 nitrogen and oxygen atoms in total. The first-order valence-corrected chi connectivity index (χ1v) is 6.65. The normalized spacial score (nSPS) is 21.0. The molecule has 108 valence electrons. The summed E-state index contributed by atoms with van der Waals surface area (Å²) >= 11 is 0. The number of rotatable bonds is 4. The number of likely N-dealkylation sites (tertiary alicyclic amines) is 1. The van der Waals surface area contributed by atoms with Crippen LogP contribution in [-0.4, -0.2) is 41.1 Å². The van der Waals surface area contributed by atoms with Crippen molar-refractivity contribution in [2.75, 3.05) is 13.1 Å². The van der Waals surface area contributed by atoms with Crippen molar-refractivity contribution in [3.05, 3.63) is 12.7 Å². The van der Waals surface area contributed by atoms with Crippen molar-refractivity contribution in [2.24, 2.45) is 11.3 Å². The minimum Gasteiger partial charge on any atom is -0.480 e. The van der Waals surface area contributed by atoms with E-state index in [1.807, 2.05) is 0 Å². The summed E-state index contributed by atoms with van der Waals surface area (Å²) in [4.78, 5) is 24.7. The molecule has 1 fully saturated rings. The molecule has 0 aliphatic carbocycles. The summed E-state index contributed by atoms with van der Waals surface area (Å²) in [5.74, 6) is -0.569. The monoisotopic (exact) mass is 268 g/mol. The highest BCUT2D eigenvalue weighted by Crippen LogP contribution is 2.33. The molecule has 2 atom stereocenters. The van der Waals surface area contributed by atoms with Crippen LogP contribution in [0.15, 0.2) is 12.7 Å². The van der Waals surface area contributed by atoms with E-state index in [9.17, 15) is 9.59 Å². The van der Waals surface area contributed by atoms with E-state index < -0.39 is 12.0 Å². The SMILES string of the molecule is C=CCC(NC(=O)N1CCC(C(C)(C)C)C1)C(=O)O. The molecule has 2 unspecified atom stereocenters. The Kier molecular flexibility index (Phi) is 4.97. The van der Waals surface area contributed by atoms with Crippen LogP contribution in [-0.2, 0) is 4.79 Å². The number of carboxylic acid groups (broad SMARTS) is 1. The summed E-state index contributed by atoms with van der Waals surface area (Å²) in [6.45, 7) is 11.4. The highest BCUT2D eigenvalue weighted by atomic mass is 16.4. The molecule has 0 aromatic heterocycles. The molecule has 0 saturated carbocycles. The Hall–Kier alpha value is -1.52. The molecule has 2 amide bonds. The second kappa shape index (κ2) is 6.08. The summed E-state index contributed by atoms with van der Waals surface area (Å²) in [6.07, 6.45) is 2.70. The topological polar surface area (TPSA) is 69.6 Å². The number of carbonyl (C=O) groups excluding carboxylic acids is 1. The number of amides is 2. The number of nitrogens with one attached hydrogen (secondary N) is 1. The minimum absolute atomic E-state index is 0.169. The maximum absolute atomic E-state index is 12.0. The molecule has 5 heteroatoms.